The van der Waals surface area contributed by atoms with Gasteiger partial charge in [0.2, 0.25) is 0 Å². The third kappa shape index (κ3) is 4.84. The SMILES string of the molecule is O=C(c1cccnc1-c1ccc(-c2c[nH]c3ncc(-c4ccc5c(c4)CC[C@@H](N4C6COCC4C6)CC5)cc23)cc1)N1CCCC1. The molecule has 0 radical (unpaired) electrons. The molecule has 1 N–H and O–H groups in total. The van der Waals surface area contributed by atoms with Gasteiger partial charge in [-0.3, -0.25) is 14.7 Å². The largest absolute Gasteiger partial charge is 0.378 e. The molecule has 3 saturated heterocycles. The first-order valence-corrected chi connectivity index (χ1v) is 17.0. The number of H-pyrrole nitrogens is 1. The first kappa shape index (κ1) is 27.9. The normalized spacial score (nSPS) is 22.8. The number of hydrogen-bond donors (Lipinski definition) is 1. The Morgan fingerprint density at radius 1 is 0.804 bits per heavy atom. The van der Waals surface area contributed by atoms with Crippen LogP contribution in [0.4, 0.5) is 0 Å². The van der Waals surface area contributed by atoms with E-state index >= 15 is 0 Å². The minimum atomic E-state index is 0.0751. The van der Waals surface area contributed by atoms with Crippen molar-refractivity contribution in [2.75, 3.05) is 26.3 Å². The van der Waals surface area contributed by atoms with Crippen LogP contribution in [0.2, 0.25) is 0 Å². The standard InChI is InChI=1S/C39H39N5O2/c45-39(43-16-1-2-17-43)34-4-3-15-40-37(34)27-8-6-26(7-9-27)36-22-42-38-35(36)19-30(21-41-38)29-10-5-25-11-13-31(14-12-28(25)18-29)44-32-20-33(44)24-46-23-32/h3-10,15,18-19,21-22,31-33H,1-2,11-14,16-17,20,23-24H2,(H,41,42)/t31-,32?,33?/m0/s1. The van der Waals surface area contributed by atoms with E-state index in [1.165, 1.54) is 36.0 Å². The van der Waals surface area contributed by atoms with Crippen LogP contribution in [0.25, 0.3) is 44.5 Å². The van der Waals surface area contributed by atoms with Gasteiger partial charge in [-0.15, -0.1) is 0 Å². The molecule has 0 saturated carbocycles. The van der Waals surface area contributed by atoms with Gasteiger partial charge in [-0.25, -0.2) is 4.98 Å². The highest BCUT2D eigenvalue weighted by Gasteiger charge is 2.45. The summed E-state index contributed by atoms with van der Waals surface area (Å²) >= 11 is 0. The number of nitrogens with zero attached hydrogens (tertiary/aromatic N) is 4. The third-order valence-electron chi connectivity index (χ3n) is 10.9. The Balaban J connectivity index is 0.971. The topological polar surface area (TPSA) is 74.3 Å². The van der Waals surface area contributed by atoms with Gasteiger partial charge >= 0.3 is 0 Å². The lowest BCUT2D eigenvalue weighted by Gasteiger charge is -2.56. The minimum absolute atomic E-state index is 0.0751. The summed E-state index contributed by atoms with van der Waals surface area (Å²) in [6.45, 7) is 3.47. The molecule has 3 aliphatic heterocycles. The Labute approximate surface area is 269 Å². The molecule has 2 unspecified atom stereocenters. The van der Waals surface area contributed by atoms with Gasteiger partial charge < -0.3 is 14.6 Å². The van der Waals surface area contributed by atoms with E-state index < -0.39 is 0 Å². The number of hydrogen-bond acceptors (Lipinski definition) is 5. The van der Waals surface area contributed by atoms with Gasteiger partial charge in [-0.05, 0) is 85.4 Å². The summed E-state index contributed by atoms with van der Waals surface area (Å²) in [6.07, 6.45) is 14.0. The summed E-state index contributed by atoms with van der Waals surface area (Å²) in [5.74, 6) is 0.0751. The molecular weight excluding hydrogens is 570 g/mol. The number of benzene rings is 2. The second kappa shape index (κ2) is 11.5. The second-order valence-corrected chi connectivity index (χ2v) is 13.5. The van der Waals surface area contributed by atoms with Crippen LogP contribution in [0.15, 0.2) is 79.3 Å². The number of morpholine rings is 1. The van der Waals surface area contributed by atoms with E-state index in [0.717, 1.165) is 91.0 Å². The molecule has 2 aromatic carbocycles. The number of fused-ring (bicyclic) bond motifs is 4. The van der Waals surface area contributed by atoms with Crippen molar-refractivity contribution < 1.29 is 9.53 Å². The van der Waals surface area contributed by atoms with Gasteiger partial charge in [0.15, 0.2) is 0 Å². The van der Waals surface area contributed by atoms with Crippen LogP contribution < -0.4 is 0 Å². The van der Waals surface area contributed by atoms with E-state index in [1.54, 1.807) is 6.20 Å². The zero-order valence-electron chi connectivity index (χ0n) is 26.1. The Morgan fingerprint density at radius 3 is 2.37 bits per heavy atom. The number of carbonyl (C=O) groups is 1. The third-order valence-corrected chi connectivity index (χ3v) is 10.9. The molecule has 4 aliphatic rings. The van der Waals surface area contributed by atoms with Crippen molar-refractivity contribution in [1.29, 1.82) is 0 Å². The van der Waals surface area contributed by atoms with Crippen molar-refractivity contribution in [1.82, 2.24) is 24.8 Å². The number of pyridine rings is 2. The fourth-order valence-electron chi connectivity index (χ4n) is 8.44. The van der Waals surface area contributed by atoms with Gasteiger partial charge in [-0.2, -0.15) is 0 Å². The molecule has 3 aromatic heterocycles. The summed E-state index contributed by atoms with van der Waals surface area (Å²) in [4.78, 5) is 30.8. The van der Waals surface area contributed by atoms with Gasteiger partial charge in [0.05, 0.1) is 24.5 Å². The lowest BCUT2D eigenvalue weighted by Crippen LogP contribution is -2.66. The van der Waals surface area contributed by atoms with E-state index in [-0.39, 0.29) is 5.91 Å². The van der Waals surface area contributed by atoms with Crippen molar-refractivity contribution in [2.45, 2.75) is 63.1 Å². The Bertz CT molecular complexity index is 1910. The molecule has 7 heteroatoms. The maximum Gasteiger partial charge on any atom is 0.256 e. The van der Waals surface area contributed by atoms with Gasteiger partial charge in [0.1, 0.15) is 5.65 Å². The van der Waals surface area contributed by atoms with E-state index in [4.69, 9.17) is 9.72 Å². The molecule has 232 valence electrons. The summed E-state index contributed by atoms with van der Waals surface area (Å²) in [7, 11) is 0. The molecular formula is C39H39N5O2. The number of rotatable bonds is 5. The first-order valence-electron chi connectivity index (χ1n) is 17.0. The van der Waals surface area contributed by atoms with E-state index in [1.807, 2.05) is 29.4 Å². The number of aromatic amines is 1. The van der Waals surface area contributed by atoms with Crippen molar-refractivity contribution in [3.8, 4) is 33.5 Å². The van der Waals surface area contributed by atoms with E-state index in [9.17, 15) is 4.79 Å². The van der Waals surface area contributed by atoms with Gasteiger partial charge in [-0.1, -0.05) is 42.5 Å². The van der Waals surface area contributed by atoms with Crippen LogP contribution in [0.3, 0.4) is 0 Å². The maximum absolute atomic E-state index is 13.2. The highest BCUT2D eigenvalue weighted by molar-refractivity contribution is 6.00. The lowest BCUT2D eigenvalue weighted by atomic mass is 9.87. The van der Waals surface area contributed by atoms with Crippen LogP contribution in [-0.4, -0.2) is 75.1 Å². The molecule has 1 amide bonds. The molecule has 3 atom stereocenters. The summed E-state index contributed by atoms with van der Waals surface area (Å²) in [6, 6.07) is 23.4. The van der Waals surface area contributed by atoms with Crippen molar-refractivity contribution in [2.24, 2.45) is 0 Å². The van der Waals surface area contributed by atoms with E-state index in [0.29, 0.717) is 23.7 Å². The monoisotopic (exact) mass is 609 g/mol. The summed E-state index contributed by atoms with van der Waals surface area (Å²) in [5.41, 5.74) is 10.8. The van der Waals surface area contributed by atoms with Crippen LogP contribution in [-0.2, 0) is 17.6 Å². The highest BCUT2D eigenvalue weighted by Crippen LogP contribution is 2.38. The Hall–Kier alpha value is -4.33. The number of ether oxygens (including phenoxy) is 1. The van der Waals surface area contributed by atoms with Gasteiger partial charge in [0.25, 0.3) is 5.91 Å². The zero-order valence-corrected chi connectivity index (χ0v) is 26.1. The Kier molecular flexibility index (Phi) is 6.97. The van der Waals surface area contributed by atoms with Crippen LogP contribution >= 0.6 is 0 Å². The molecule has 46 heavy (non-hydrogen) atoms. The number of nitrogens with one attached hydrogen (secondary N) is 1. The van der Waals surface area contributed by atoms with Crippen LogP contribution in [0.1, 0.15) is 53.6 Å². The number of carbonyl (C=O) groups excluding carboxylic acids is 1. The highest BCUT2D eigenvalue weighted by atomic mass is 16.5. The molecule has 3 fully saturated rings. The van der Waals surface area contributed by atoms with Crippen LogP contribution in [0, 0.1) is 0 Å². The molecule has 6 heterocycles. The molecule has 7 nitrogen and oxygen atoms in total. The van der Waals surface area contributed by atoms with Crippen molar-refractivity contribution in [3.05, 3.63) is 95.9 Å². The fraction of sp³-hybridized carbons (Fsp3) is 0.359. The predicted octanol–water partition coefficient (Wildman–Crippen LogP) is 6.92. The predicted molar refractivity (Wildman–Crippen MR) is 181 cm³/mol. The zero-order chi connectivity index (χ0) is 30.6. The molecule has 0 spiro atoms. The van der Waals surface area contributed by atoms with Crippen LogP contribution in [0.5, 0.6) is 0 Å². The number of aryl methyl sites for hydroxylation is 2. The maximum atomic E-state index is 13.2. The molecule has 5 aromatic rings. The first-order chi connectivity index (χ1) is 22.7. The lowest BCUT2D eigenvalue weighted by molar-refractivity contribution is -0.148. The number of amides is 1. The smallest absolute Gasteiger partial charge is 0.256 e. The summed E-state index contributed by atoms with van der Waals surface area (Å²) < 4.78 is 5.76. The average molecular weight is 610 g/mol. The average Bonchev–Trinajstić information content (AvgIpc) is 3.76. The van der Waals surface area contributed by atoms with Crippen molar-refractivity contribution >= 4 is 16.9 Å². The number of aromatic nitrogens is 3. The molecule has 2 bridgehead atoms. The Morgan fingerprint density at radius 2 is 1.57 bits per heavy atom. The fourth-order valence-corrected chi connectivity index (χ4v) is 8.44. The van der Waals surface area contributed by atoms with Crippen molar-refractivity contribution in [3.63, 3.8) is 0 Å². The molecule has 9 rings (SSSR count). The minimum Gasteiger partial charge on any atom is -0.378 e. The molecule has 1 aliphatic carbocycles. The number of likely N-dealkylation sites (tertiary alicyclic amines) is 1. The second-order valence-electron chi connectivity index (χ2n) is 13.5. The summed E-state index contributed by atoms with van der Waals surface area (Å²) in [5, 5.41) is 1.11. The quantitative estimate of drug-likeness (QED) is 0.219. The van der Waals surface area contributed by atoms with Gasteiger partial charge in [0, 0.05) is 71.9 Å². The van der Waals surface area contributed by atoms with E-state index in [2.05, 4.69) is 63.4 Å².